The van der Waals surface area contributed by atoms with Crippen molar-refractivity contribution >= 4 is 11.4 Å². The van der Waals surface area contributed by atoms with E-state index < -0.39 is 10.7 Å². The van der Waals surface area contributed by atoms with E-state index in [0.717, 1.165) is 32.0 Å². The molecule has 0 bridgehead atoms. The molecule has 0 unspecified atom stereocenters. The van der Waals surface area contributed by atoms with Crippen LogP contribution in [0.5, 0.6) is 0 Å². The normalized spacial score (nSPS) is 17.8. The summed E-state index contributed by atoms with van der Waals surface area (Å²) in [5, 5.41) is 17.4. The predicted octanol–water partition coefficient (Wildman–Crippen LogP) is 2.84. The molecule has 0 saturated carbocycles. The number of rotatable bonds is 4. The third-order valence-electron chi connectivity index (χ3n) is 3.99. The maximum atomic E-state index is 13.4. The van der Waals surface area contributed by atoms with Gasteiger partial charge in [-0.2, -0.15) is 0 Å². The molecule has 0 aromatic heterocycles. The lowest BCUT2D eigenvalue weighted by atomic mass is 9.81. The van der Waals surface area contributed by atoms with Gasteiger partial charge >= 0.3 is 0 Å². The fourth-order valence-electron chi connectivity index (χ4n) is 2.48. The second-order valence-electron chi connectivity index (χ2n) is 5.79. The first kappa shape index (κ1) is 14.7. The van der Waals surface area contributed by atoms with Gasteiger partial charge in [-0.3, -0.25) is 10.1 Å². The van der Waals surface area contributed by atoms with E-state index in [1.807, 2.05) is 0 Å². The molecule has 5 nitrogen and oxygen atoms in total. The monoisotopic (exact) mass is 281 g/mol. The Morgan fingerprint density at radius 1 is 1.45 bits per heavy atom. The van der Waals surface area contributed by atoms with Gasteiger partial charge in [0.2, 0.25) is 0 Å². The molecule has 1 heterocycles. The largest absolute Gasteiger partial charge is 0.379 e. The van der Waals surface area contributed by atoms with Crippen molar-refractivity contribution in [2.75, 3.05) is 25.0 Å². The molecule has 0 atom stereocenters. The number of nitrogens with zero attached hydrogens (tertiary/aromatic N) is 1. The minimum atomic E-state index is -0.546. The molecular weight excluding hydrogens is 261 g/mol. The highest BCUT2D eigenvalue weighted by atomic mass is 19.1. The van der Waals surface area contributed by atoms with Crippen LogP contribution in [-0.4, -0.2) is 24.6 Å². The summed E-state index contributed by atoms with van der Waals surface area (Å²) >= 11 is 0. The molecule has 1 fully saturated rings. The maximum absolute atomic E-state index is 13.4. The van der Waals surface area contributed by atoms with Gasteiger partial charge in [0.15, 0.2) is 0 Å². The van der Waals surface area contributed by atoms with Gasteiger partial charge in [-0.15, -0.1) is 0 Å². The quantitative estimate of drug-likeness (QED) is 0.658. The third kappa shape index (κ3) is 3.25. The van der Waals surface area contributed by atoms with Gasteiger partial charge in [0, 0.05) is 6.54 Å². The average molecular weight is 281 g/mol. The Kier molecular flexibility index (Phi) is 4.23. The number of hydrogen-bond donors (Lipinski definition) is 2. The Hall–Kier alpha value is -1.69. The Bertz CT molecular complexity index is 513. The number of anilines is 1. The maximum Gasteiger partial charge on any atom is 0.295 e. The number of nitrogens with one attached hydrogen (secondary N) is 2. The van der Waals surface area contributed by atoms with Gasteiger partial charge < -0.3 is 10.6 Å². The first-order chi connectivity index (χ1) is 9.41. The van der Waals surface area contributed by atoms with Gasteiger partial charge in [0.25, 0.3) is 5.69 Å². The number of nitro groups is 1. The zero-order valence-corrected chi connectivity index (χ0v) is 11.8. The minimum absolute atomic E-state index is 0.113. The summed E-state index contributed by atoms with van der Waals surface area (Å²) in [5.74, 6) is -0.546. The number of nitro benzene ring substituents is 1. The molecule has 1 aromatic carbocycles. The SMILES string of the molecule is Cc1cc(NCC2(C)CCNCC2)c([N+](=O)[O-])cc1F. The van der Waals surface area contributed by atoms with Crippen LogP contribution < -0.4 is 10.6 Å². The fourth-order valence-corrected chi connectivity index (χ4v) is 2.48. The lowest BCUT2D eigenvalue weighted by Crippen LogP contribution is -2.39. The van der Waals surface area contributed by atoms with E-state index in [9.17, 15) is 14.5 Å². The summed E-state index contributed by atoms with van der Waals surface area (Å²) in [6, 6.07) is 2.50. The molecule has 2 rings (SSSR count). The van der Waals surface area contributed by atoms with Crippen molar-refractivity contribution in [3.63, 3.8) is 0 Å². The molecule has 0 radical (unpaired) electrons. The van der Waals surface area contributed by atoms with E-state index in [-0.39, 0.29) is 11.1 Å². The molecule has 1 aliphatic rings. The Morgan fingerprint density at radius 3 is 2.70 bits per heavy atom. The number of benzene rings is 1. The van der Waals surface area contributed by atoms with Crippen LogP contribution in [0.4, 0.5) is 15.8 Å². The highest BCUT2D eigenvalue weighted by Crippen LogP contribution is 2.32. The van der Waals surface area contributed by atoms with Crippen LogP contribution in [-0.2, 0) is 0 Å². The summed E-state index contributed by atoms with van der Waals surface area (Å²) in [6.07, 6.45) is 2.04. The molecule has 110 valence electrons. The van der Waals surface area contributed by atoms with Crippen molar-refractivity contribution in [3.8, 4) is 0 Å². The first-order valence-electron chi connectivity index (χ1n) is 6.80. The van der Waals surface area contributed by atoms with Crippen molar-refractivity contribution in [2.45, 2.75) is 26.7 Å². The van der Waals surface area contributed by atoms with Crippen LogP contribution in [0.3, 0.4) is 0 Å². The van der Waals surface area contributed by atoms with Crippen molar-refractivity contribution in [2.24, 2.45) is 5.41 Å². The van der Waals surface area contributed by atoms with Crippen LogP contribution in [0.2, 0.25) is 0 Å². The van der Waals surface area contributed by atoms with Crippen molar-refractivity contribution < 1.29 is 9.31 Å². The summed E-state index contributed by atoms with van der Waals surface area (Å²) in [7, 11) is 0. The molecule has 2 N–H and O–H groups in total. The summed E-state index contributed by atoms with van der Waals surface area (Å²) in [6.45, 7) is 6.35. The van der Waals surface area contributed by atoms with E-state index in [2.05, 4.69) is 17.6 Å². The van der Waals surface area contributed by atoms with Gasteiger partial charge in [0.1, 0.15) is 11.5 Å². The van der Waals surface area contributed by atoms with Crippen molar-refractivity contribution in [1.82, 2.24) is 5.32 Å². The number of aryl methyl sites for hydroxylation is 1. The van der Waals surface area contributed by atoms with Gasteiger partial charge in [-0.05, 0) is 49.9 Å². The van der Waals surface area contributed by atoms with E-state index in [4.69, 9.17) is 0 Å². The molecule has 0 spiro atoms. The van der Waals surface area contributed by atoms with Crippen LogP contribution in [0.1, 0.15) is 25.3 Å². The molecule has 0 aliphatic carbocycles. The molecular formula is C14H20FN3O2. The van der Waals surface area contributed by atoms with E-state index in [1.165, 1.54) is 6.07 Å². The van der Waals surface area contributed by atoms with E-state index >= 15 is 0 Å². The Morgan fingerprint density at radius 2 is 2.10 bits per heavy atom. The molecule has 0 amide bonds. The van der Waals surface area contributed by atoms with Crippen LogP contribution in [0, 0.1) is 28.3 Å². The van der Waals surface area contributed by atoms with Gasteiger partial charge in [0.05, 0.1) is 11.0 Å². The lowest BCUT2D eigenvalue weighted by Gasteiger charge is -2.34. The Balaban J connectivity index is 2.16. The number of piperidine rings is 1. The van der Waals surface area contributed by atoms with Gasteiger partial charge in [-0.1, -0.05) is 6.92 Å². The van der Waals surface area contributed by atoms with Gasteiger partial charge in [-0.25, -0.2) is 4.39 Å². The molecule has 1 saturated heterocycles. The molecule has 1 aliphatic heterocycles. The third-order valence-corrected chi connectivity index (χ3v) is 3.99. The second-order valence-corrected chi connectivity index (χ2v) is 5.79. The zero-order valence-electron chi connectivity index (χ0n) is 11.8. The standard InChI is InChI=1S/C14H20FN3O2/c1-10-7-12(13(18(19)20)8-11(10)15)17-9-14(2)3-5-16-6-4-14/h7-8,16-17H,3-6,9H2,1-2H3. The van der Waals surface area contributed by atoms with Crippen LogP contribution in [0.25, 0.3) is 0 Å². The minimum Gasteiger partial charge on any atom is -0.379 e. The highest BCUT2D eigenvalue weighted by Gasteiger charge is 2.27. The van der Waals surface area contributed by atoms with Crippen LogP contribution in [0.15, 0.2) is 12.1 Å². The van der Waals surface area contributed by atoms with Crippen LogP contribution >= 0.6 is 0 Å². The number of hydrogen-bond acceptors (Lipinski definition) is 4. The molecule has 20 heavy (non-hydrogen) atoms. The summed E-state index contributed by atoms with van der Waals surface area (Å²) in [4.78, 5) is 10.5. The van der Waals surface area contributed by atoms with E-state index in [1.54, 1.807) is 6.92 Å². The molecule has 6 heteroatoms. The molecule has 1 aromatic rings. The Labute approximate surface area is 117 Å². The second kappa shape index (κ2) is 5.75. The van der Waals surface area contributed by atoms with E-state index in [0.29, 0.717) is 17.8 Å². The number of halogens is 1. The topological polar surface area (TPSA) is 67.2 Å². The summed E-state index contributed by atoms with van der Waals surface area (Å²) in [5.41, 5.74) is 0.717. The van der Waals surface area contributed by atoms with Crippen molar-refractivity contribution in [1.29, 1.82) is 0 Å². The summed E-state index contributed by atoms with van der Waals surface area (Å²) < 4.78 is 13.4. The first-order valence-corrected chi connectivity index (χ1v) is 6.80. The highest BCUT2D eigenvalue weighted by molar-refractivity contribution is 5.63. The van der Waals surface area contributed by atoms with Crippen molar-refractivity contribution in [3.05, 3.63) is 33.6 Å². The average Bonchev–Trinajstić information content (AvgIpc) is 2.40. The zero-order chi connectivity index (χ0) is 14.8. The smallest absolute Gasteiger partial charge is 0.295 e. The lowest BCUT2D eigenvalue weighted by molar-refractivity contribution is -0.384. The predicted molar refractivity (Wildman–Crippen MR) is 76.5 cm³/mol. The fraction of sp³-hybridized carbons (Fsp3) is 0.571.